The van der Waals surface area contributed by atoms with E-state index >= 15 is 9.13 Å². The normalized spacial score (nSPS) is 12.4. The summed E-state index contributed by atoms with van der Waals surface area (Å²) in [7, 11) is -6.61. The minimum Gasteiger partial charge on any atom is -0.314 e. The molecule has 5 aromatic carbocycles. The second kappa shape index (κ2) is 11.2. The van der Waals surface area contributed by atoms with Crippen molar-refractivity contribution < 1.29 is 9.13 Å². The molecule has 1 atom stereocenters. The zero-order valence-corrected chi connectivity index (χ0v) is 22.6. The number of nitriles is 1. The van der Waals surface area contributed by atoms with Crippen LogP contribution in [0.4, 0.5) is 0 Å². The van der Waals surface area contributed by atoms with Crippen molar-refractivity contribution in [3.05, 3.63) is 157 Å². The van der Waals surface area contributed by atoms with Gasteiger partial charge in [-0.15, -0.1) is 0 Å². The summed E-state index contributed by atoms with van der Waals surface area (Å²) in [5.41, 5.74) is 0.731. The van der Waals surface area contributed by atoms with E-state index in [0.717, 1.165) is 16.2 Å². The zero-order valence-electron chi connectivity index (χ0n) is 20.8. The van der Waals surface area contributed by atoms with E-state index < -0.39 is 19.9 Å². The highest BCUT2D eigenvalue weighted by Crippen LogP contribution is 2.62. The minimum atomic E-state index is -3.37. The van der Waals surface area contributed by atoms with Crippen molar-refractivity contribution in [3.8, 4) is 6.07 Å². The number of rotatable bonds is 8. The van der Waals surface area contributed by atoms with Gasteiger partial charge in [0.1, 0.15) is 7.14 Å². The fourth-order valence-electron chi connectivity index (χ4n) is 4.96. The van der Waals surface area contributed by atoms with Crippen LogP contribution in [0, 0.1) is 11.3 Å². The predicted molar refractivity (Wildman–Crippen MR) is 158 cm³/mol. The lowest BCUT2D eigenvalue weighted by atomic mass is 10.1. The predicted octanol–water partition coefficient (Wildman–Crippen LogP) is 6.63. The fraction of sp³-hybridized carbons (Fsp3) is 0.0606. The number of nitrogens with zero attached hydrogens (tertiary/aromatic N) is 1. The van der Waals surface area contributed by atoms with E-state index in [2.05, 4.69) is 6.07 Å². The Balaban J connectivity index is 1.79. The summed E-state index contributed by atoms with van der Waals surface area (Å²) in [5.74, 6) is 0. The van der Waals surface area contributed by atoms with Gasteiger partial charge in [-0.1, -0.05) is 133 Å². The standard InChI is InChI=1S/C33H27NO2P2/c34-25-27-21-23-28(24-22-27)33(38(36,31-17-9-3-10-18-31)32-19-11-4-12-20-32)26-37(35,29-13-5-1-6-14-29)30-15-7-2-8-16-30/h1-24,33H,26H2. The van der Waals surface area contributed by atoms with Crippen LogP contribution < -0.4 is 21.2 Å². The van der Waals surface area contributed by atoms with Gasteiger partial charge < -0.3 is 9.13 Å². The van der Waals surface area contributed by atoms with Crippen molar-refractivity contribution in [3.63, 3.8) is 0 Å². The summed E-state index contributed by atoms with van der Waals surface area (Å²) in [4.78, 5) is 0. The van der Waals surface area contributed by atoms with Crippen molar-refractivity contribution in [1.82, 2.24) is 0 Å². The Morgan fingerprint density at radius 2 is 0.895 bits per heavy atom. The Morgan fingerprint density at radius 3 is 1.26 bits per heavy atom. The van der Waals surface area contributed by atoms with E-state index in [1.54, 1.807) is 12.1 Å². The van der Waals surface area contributed by atoms with Crippen molar-refractivity contribution in [2.45, 2.75) is 5.66 Å². The van der Waals surface area contributed by atoms with Crippen LogP contribution in [0.25, 0.3) is 0 Å². The van der Waals surface area contributed by atoms with E-state index in [1.807, 2.05) is 133 Å². The van der Waals surface area contributed by atoms with Crippen molar-refractivity contribution in [2.24, 2.45) is 0 Å². The van der Waals surface area contributed by atoms with Crippen LogP contribution in [-0.4, -0.2) is 6.16 Å². The monoisotopic (exact) mass is 531 g/mol. The van der Waals surface area contributed by atoms with E-state index in [9.17, 15) is 5.26 Å². The smallest absolute Gasteiger partial charge is 0.150 e. The molecule has 5 heteroatoms. The van der Waals surface area contributed by atoms with E-state index in [1.165, 1.54) is 0 Å². The third kappa shape index (κ3) is 4.94. The summed E-state index contributed by atoms with van der Waals surface area (Å²) in [5, 5.41) is 12.3. The molecule has 38 heavy (non-hydrogen) atoms. The van der Waals surface area contributed by atoms with Crippen LogP contribution in [0.1, 0.15) is 16.8 Å². The third-order valence-electron chi connectivity index (χ3n) is 6.92. The molecule has 0 aromatic heterocycles. The minimum absolute atomic E-state index is 0.175. The molecule has 5 aromatic rings. The summed E-state index contributed by atoms with van der Waals surface area (Å²) in [6, 6.07) is 47.4. The first kappa shape index (κ1) is 25.7. The van der Waals surface area contributed by atoms with E-state index in [-0.39, 0.29) is 6.16 Å². The zero-order chi connectivity index (χ0) is 26.4. The highest BCUT2D eigenvalue weighted by atomic mass is 31.2. The van der Waals surface area contributed by atoms with Gasteiger partial charge in [-0.3, -0.25) is 0 Å². The van der Waals surface area contributed by atoms with Gasteiger partial charge in [0, 0.05) is 27.4 Å². The summed E-state index contributed by atoms with van der Waals surface area (Å²) < 4.78 is 30.9. The molecular formula is C33H27NO2P2. The topological polar surface area (TPSA) is 57.9 Å². The first-order chi connectivity index (χ1) is 18.6. The van der Waals surface area contributed by atoms with Crippen molar-refractivity contribution in [1.29, 1.82) is 5.26 Å². The molecule has 1 unspecified atom stereocenters. The van der Waals surface area contributed by atoms with Gasteiger partial charge in [-0.05, 0) is 17.7 Å². The molecule has 0 heterocycles. The molecule has 0 radical (unpaired) electrons. The highest BCUT2D eigenvalue weighted by Gasteiger charge is 2.43. The molecule has 5 rings (SSSR count). The highest BCUT2D eigenvalue weighted by molar-refractivity contribution is 7.82. The van der Waals surface area contributed by atoms with Crippen LogP contribution in [0.2, 0.25) is 0 Å². The van der Waals surface area contributed by atoms with Gasteiger partial charge >= 0.3 is 0 Å². The third-order valence-corrected chi connectivity index (χ3v) is 13.8. The van der Waals surface area contributed by atoms with Crippen molar-refractivity contribution in [2.75, 3.05) is 6.16 Å². The van der Waals surface area contributed by atoms with Crippen LogP contribution in [0.3, 0.4) is 0 Å². The number of benzene rings is 5. The molecule has 0 saturated heterocycles. The molecule has 0 spiro atoms. The largest absolute Gasteiger partial charge is 0.314 e. The molecule has 3 nitrogen and oxygen atoms in total. The van der Waals surface area contributed by atoms with Gasteiger partial charge in [0.05, 0.1) is 17.3 Å². The maximum atomic E-state index is 15.6. The van der Waals surface area contributed by atoms with Gasteiger partial charge in [0.2, 0.25) is 0 Å². The average Bonchev–Trinajstić information content (AvgIpc) is 3.01. The Labute approximate surface area is 224 Å². The molecule has 186 valence electrons. The second-order valence-corrected chi connectivity index (χ2v) is 15.0. The van der Waals surface area contributed by atoms with Gasteiger partial charge in [-0.2, -0.15) is 5.26 Å². The van der Waals surface area contributed by atoms with Crippen LogP contribution in [0.15, 0.2) is 146 Å². The summed E-state index contributed by atoms with van der Waals surface area (Å²) in [6.45, 7) is 0. The molecule has 0 saturated carbocycles. The molecule has 0 aliphatic rings. The maximum Gasteiger partial charge on any atom is 0.150 e. The Bertz CT molecular complexity index is 1540. The first-order valence-corrected chi connectivity index (χ1v) is 16.1. The Morgan fingerprint density at radius 1 is 0.526 bits per heavy atom. The molecule has 0 N–H and O–H groups in total. The number of hydrogen-bond donors (Lipinski definition) is 0. The van der Waals surface area contributed by atoms with Gasteiger partial charge in [0.25, 0.3) is 0 Å². The average molecular weight is 532 g/mol. The van der Waals surface area contributed by atoms with Crippen molar-refractivity contribution >= 4 is 35.5 Å². The van der Waals surface area contributed by atoms with Gasteiger partial charge in [-0.25, -0.2) is 0 Å². The maximum absolute atomic E-state index is 15.6. The second-order valence-electron chi connectivity index (χ2n) is 9.17. The van der Waals surface area contributed by atoms with Crippen LogP contribution >= 0.6 is 14.3 Å². The quantitative estimate of drug-likeness (QED) is 0.211. The molecule has 0 amide bonds. The van der Waals surface area contributed by atoms with E-state index in [4.69, 9.17) is 0 Å². The molecular weight excluding hydrogens is 504 g/mol. The Hall–Kier alpha value is -3.95. The Kier molecular flexibility index (Phi) is 7.57. The van der Waals surface area contributed by atoms with Gasteiger partial charge in [0.15, 0.2) is 7.14 Å². The lowest BCUT2D eigenvalue weighted by Crippen LogP contribution is -2.27. The lowest BCUT2D eigenvalue weighted by molar-refractivity contribution is 0.574. The molecule has 0 bridgehead atoms. The number of hydrogen-bond acceptors (Lipinski definition) is 3. The fourth-order valence-corrected chi connectivity index (χ4v) is 12.1. The first-order valence-electron chi connectivity index (χ1n) is 12.5. The van der Waals surface area contributed by atoms with Crippen LogP contribution in [-0.2, 0) is 9.13 Å². The summed E-state index contributed by atoms with van der Waals surface area (Å²) in [6.07, 6.45) is 0.175. The molecule has 0 aliphatic carbocycles. The van der Waals surface area contributed by atoms with Crippen LogP contribution in [0.5, 0.6) is 0 Å². The SMILES string of the molecule is N#Cc1ccc(C(CP(=O)(c2ccccc2)c2ccccc2)P(=O)(c2ccccc2)c2ccccc2)cc1. The lowest BCUT2D eigenvalue weighted by Gasteiger charge is -2.32. The molecule has 0 fully saturated rings. The van der Waals surface area contributed by atoms with E-state index in [0.29, 0.717) is 16.2 Å². The summed E-state index contributed by atoms with van der Waals surface area (Å²) >= 11 is 0. The molecule has 0 aliphatic heterocycles.